The number of carbonyl (C=O) groups excluding carboxylic acids is 1. The fraction of sp³-hybridized carbons (Fsp3) is 0.240. The highest BCUT2D eigenvalue weighted by Gasteiger charge is 2.26. The van der Waals surface area contributed by atoms with E-state index in [1.165, 1.54) is 6.21 Å². The number of imidazole rings is 1. The summed E-state index contributed by atoms with van der Waals surface area (Å²) in [4.78, 5) is 30.0. The fourth-order valence-corrected chi connectivity index (χ4v) is 4.59. The van der Waals surface area contributed by atoms with E-state index >= 15 is 0 Å². The van der Waals surface area contributed by atoms with Crippen molar-refractivity contribution in [1.82, 2.24) is 14.5 Å². The molecule has 1 aromatic heterocycles. The number of fused-ring (bicyclic) bond motifs is 2. The molecule has 1 aliphatic rings. The summed E-state index contributed by atoms with van der Waals surface area (Å²) in [6.45, 7) is 1.14. The van der Waals surface area contributed by atoms with Crippen LogP contribution in [0.1, 0.15) is 24.4 Å². The second kappa shape index (κ2) is 8.34. The van der Waals surface area contributed by atoms with Gasteiger partial charge in [-0.15, -0.1) is 0 Å². The zero-order chi connectivity index (χ0) is 22.1. The Kier molecular flexibility index (Phi) is 5.23. The maximum absolute atomic E-state index is 12.8. The van der Waals surface area contributed by atoms with Gasteiger partial charge in [-0.1, -0.05) is 36.4 Å². The number of carbonyl (C=O) groups is 1. The van der Waals surface area contributed by atoms with Gasteiger partial charge in [0.2, 0.25) is 0 Å². The van der Waals surface area contributed by atoms with Crippen LogP contribution in [0, 0.1) is 5.41 Å². The van der Waals surface area contributed by atoms with Crippen LogP contribution in [0.5, 0.6) is 5.75 Å². The van der Waals surface area contributed by atoms with Gasteiger partial charge in [0.1, 0.15) is 5.75 Å². The number of hydrogen-bond acceptors (Lipinski definition) is 4. The number of likely N-dealkylation sites (tertiary alicyclic amines) is 1. The average Bonchev–Trinajstić information content (AvgIpc) is 3.18. The van der Waals surface area contributed by atoms with Gasteiger partial charge in [-0.2, -0.15) is 0 Å². The van der Waals surface area contributed by atoms with Crippen molar-refractivity contribution in [2.45, 2.75) is 18.9 Å². The monoisotopic (exact) mass is 428 g/mol. The normalized spacial score (nSPS) is 14.7. The third-order valence-electron chi connectivity index (χ3n) is 6.23. The smallest absolute Gasteiger partial charge is 0.326 e. The molecule has 0 unspecified atom stereocenters. The number of ether oxygens (including phenoxy) is 1. The number of aromatic amines is 1. The molecule has 0 radical (unpaired) electrons. The molecule has 1 amide bonds. The molecule has 1 aliphatic heterocycles. The molecule has 4 aromatic rings. The van der Waals surface area contributed by atoms with Crippen LogP contribution in [0.3, 0.4) is 0 Å². The highest BCUT2D eigenvalue weighted by atomic mass is 16.5. The number of nitrogens with zero attached hydrogens (tertiary/aromatic N) is 2. The Hall–Kier alpha value is -3.87. The number of piperidine rings is 1. The van der Waals surface area contributed by atoms with Crippen molar-refractivity contribution in [2.75, 3.05) is 19.7 Å². The molecule has 7 nitrogen and oxygen atoms in total. The second-order valence-corrected chi connectivity index (χ2v) is 8.06. The maximum Gasteiger partial charge on any atom is 0.326 e. The van der Waals surface area contributed by atoms with Crippen molar-refractivity contribution < 1.29 is 9.53 Å². The Morgan fingerprint density at radius 3 is 2.53 bits per heavy atom. The number of rotatable bonds is 5. The number of amides is 1. The summed E-state index contributed by atoms with van der Waals surface area (Å²) in [5.41, 5.74) is 2.46. The quantitative estimate of drug-likeness (QED) is 0.475. The summed E-state index contributed by atoms with van der Waals surface area (Å²) in [7, 11) is 0. The third kappa shape index (κ3) is 3.56. The number of nitrogens with one attached hydrogen (secondary N) is 2. The predicted molar refractivity (Wildman–Crippen MR) is 125 cm³/mol. The molecule has 0 saturated carbocycles. The molecule has 2 heterocycles. The van der Waals surface area contributed by atoms with E-state index in [2.05, 4.69) is 4.98 Å². The minimum atomic E-state index is -0.0976. The SMILES string of the molecule is N=Cc1ccc(OCC(=O)N2CCC(n3c(=O)[nH]c4ccccc43)CC2)c2ccccc12. The second-order valence-electron chi connectivity index (χ2n) is 8.06. The molecule has 0 spiro atoms. The summed E-state index contributed by atoms with van der Waals surface area (Å²) in [5, 5.41) is 9.39. The van der Waals surface area contributed by atoms with Gasteiger partial charge >= 0.3 is 5.69 Å². The first-order valence-electron chi connectivity index (χ1n) is 10.8. The molecule has 5 rings (SSSR count). The topological polar surface area (TPSA) is 91.2 Å². The van der Waals surface area contributed by atoms with E-state index in [0.717, 1.165) is 40.2 Å². The molecule has 162 valence electrons. The van der Waals surface area contributed by atoms with E-state index in [4.69, 9.17) is 10.1 Å². The molecule has 0 bridgehead atoms. The standard InChI is InChI=1S/C25H24N4O3/c26-15-17-9-10-23(20-6-2-1-5-19(17)20)32-16-24(30)28-13-11-18(12-14-28)29-22-8-4-3-7-21(22)27-25(29)31/h1-10,15,18,26H,11-14,16H2,(H,27,31). The van der Waals surface area contributed by atoms with E-state index in [-0.39, 0.29) is 24.2 Å². The highest BCUT2D eigenvalue weighted by molar-refractivity contribution is 6.01. The van der Waals surface area contributed by atoms with E-state index in [0.29, 0.717) is 18.8 Å². The zero-order valence-electron chi connectivity index (χ0n) is 17.6. The van der Waals surface area contributed by atoms with Gasteiger partial charge < -0.3 is 20.0 Å². The minimum Gasteiger partial charge on any atom is -0.483 e. The molecular formula is C25H24N4O3. The number of aromatic nitrogens is 2. The lowest BCUT2D eigenvalue weighted by atomic mass is 10.0. The predicted octanol–water partition coefficient (Wildman–Crippen LogP) is 3.72. The lowest BCUT2D eigenvalue weighted by Gasteiger charge is -2.32. The van der Waals surface area contributed by atoms with Crippen molar-refractivity contribution in [2.24, 2.45) is 0 Å². The fourth-order valence-electron chi connectivity index (χ4n) is 4.59. The lowest BCUT2D eigenvalue weighted by Crippen LogP contribution is -2.42. The van der Waals surface area contributed by atoms with Crippen LogP contribution in [0.15, 0.2) is 65.5 Å². The molecular weight excluding hydrogens is 404 g/mol. The van der Waals surface area contributed by atoms with Crippen LogP contribution in [-0.2, 0) is 4.79 Å². The first-order valence-corrected chi connectivity index (χ1v) is 10.8. The third-order valence-corrected chi connectivity index (χ3v) is 6.23. The molecule has 0 atom stereocenters. The van der Waals surface area contributed by atoms with Crippen LogP contribution in [0.4, 0.5) is 0 Å². The Morgan fingerprint density at radius 2 is 1.75 bits per heavy atom. The highest BCUT2D eigenvalue weighted by Crippen LogP contribution is 2.28. The largest absolute Gasteiger partial charge is 0.483 e. The summed E-state index contributed by atoms with van der Waals surface area (Å²) in [6, 6.07) is 19.1. The van der Waals surface area contributed by atoms with E-state index in [1.54, 1.807) is 0 Å². The molecule has 1 saturated heterocycles. The van der Waals surface area contributed by atoms with Crippen molar-refractivity contribution in [3.8, 4) is 5.75 Å². The molecule has 7 heteroatoms. The summed E-state index contributed by atoms with van der Waals surface area (Å²) >= 11 is 0. The van der Waals surface area contributed by atoms with Gasteiger partial charge in [0.05, 0.1) is 11.0 Å². The lowest BCUT2D eigenvalue weighted by molar-refractivity contribution is -0.134. The minimum absolute atomic E-state index is 0.0361. The van der Waals surface area contributed by atoms with Crippen molar-refractivity contribution in [1.29, 1.82) is 5.41 Å². The van der Waals surface area contributed by atoms with Gasteiger partial charge in [-0.05, 0) is 42.5 Å². The number of benzene rings is 3. The molecule has 2 N–H and O–H groups in total. The average molecular weight is 428 g/mol. The zero-order valence-corrected chi connectivity index (χ0v) is 17.6. The van der Waals surface area contributed by atoms with Crippen LogP contribution >= 0.6 is 0 Å². The van der Waals surface area contributed by atoms with Crippen LogP contribution in [0.2, 0.25) is 0 Å². The Morgan fingerprint density at radius 1 is 1.03 bits per heavy atom. The Bertz CT molecular complexity index is 1360. The first-order chi connectivity index (χ1) is 15.7. The van der Waals surface area contributed by atoms with Gasteiger partial charge in [0.25, 0.3) is 5.91 Å². The molecule has 32 heavy (non-hydrogen) atoms. The summed E-state index contributed by atoms with van der Waals surface area (Å²) in [5.74, 6) is 0.578. The van der Waals surface area contributed by atoms with E-state index in [1.807, 2.05) is 70.1 Å². The molecule has 3 aromatic carbocycles. The van der Waals surface area contributed by atoms with Crippen LogP contribution < -0.4 is 10.4 Å². The van der Waals surface area contributed by atoms with Crippen LogP contribution in [-0.4, -0.2) is 46.3 Å². The maximum atomic E-state index is 12.8. The van der Waals surface area contributed by atoms with Crippen LogP contribution in [0.25, 0.3) is 21.8 Å². The van der Waals surface area contributed by atoms with Crippen molar-refractivity contribution in [3.05, 3.63) is 76.7 Å². The number of para-hydroxylation sites is 2. The molecule has 0 aliphatic carbocycles. The Labute approximate surface area is 184 Å². The summed E-state index contributed by atoms with van der Waals surface area (Å²) in [6.07, 6.45) is 2.77. The number of H-pyrrole nitrogens is 1. The van der Waals surface area contributed by atoms with Gasteiger partial charge in [-0.25, -0.2) is 4.79 Å². The van der Waals surface area contributed by atoms with Crippen molar-refractivity contribution >= 4 is 33.9 Å². The Balaban J connectivity index is 1.25. The van der Waals surface area contributed by atoms with E-state index < -0.39 is 0 Å². The first kappa shape index (κ1) is 20.1. The summed E-state index contributed by atoms with van der Waals surface area (Å²) < 4.78 is 7.71. The van der Waals surface area contributed by atoms with Gasteiger partial charge in [0.15, 0.2) is 6.61 Å². The number of hydrogen-bond donors (Lipinski definition) is 2. The van der Waals surface area contributed by atoms with Gasteiger partial charge in [0, 0.05) is 36.3 Å². The van der Waals surface area contributed by atoms with Gasteiger partial charge in [-0.3, -0.25) is 9.36 Å². The van der Waals surface area contributed by atoms with E-state index in [9.17, 15) is 9.59 Å². The molecule has 1 fully saturated rings. The van der Waals surface area contributed by atoms with Crippen molar-refractivity contribution in [3.63, 3.8) is 0 Å².